The third kappa shape index (κ3) is 4.98. The molecule has 0 radical (unpaired) electrons. The minimum atomic E-state index is -0.407. The van der Waals surface area contributed by atoms with Crippen LogP contribution in [0, 0.1) is 5.41 Å². The van der Waals surface area contributed by atoms with Gasteiger partial charge in [-0.2, -0.15) is 0 Å². The zero-order chi connectivity index (χ0) is 15.3. The van der Waals surface area contributed by atoms with E-state index in [4.69, 9.17) is 4.74 Å². The number of ether oxygens (including phenoxy) is 1. The SMILES string of the molecule is CC(C)(C)C(=O)OC1(CNC2CCCCC2)CCCCC1. The Hall–Kier alpha value is -0.570. The van der Waals surface area contributed by atoms with Crippen molar-refractivity contribution in [1.82, 2.24) is 5.32 Å². The van der Waals surface area contributed by atoms with E-state index >= 15 is 0 Å². The van der Waals surface area contributed by atoms with E-state index in [-0.39, 0.29) is 11.6 Å². The Morgan fingerprint density at radius 2 is 1.62 bits per heavy atom. The van der Waals surface area contributed by atoms with Crippen LogP contribution >= 0.6 is 0 Å². The number of hydrogen-bond acceptors (Lipinski definition) is 3. The molecule has 0 bridgehead atoms. The minimum absolute atomic E-state index is 0.0464. The molecule has 0 aromatic carbocycles. The van der Waals surface area contributed by atoms with Crippen LogP contribution in [0.1, 0.15) is 85.0 Å². The zero-order valence-corrected chi connectivity index (χ0v) is 14.2. The molecule has 2 rings (SSSR count). The molecule has 2 saturated carbocycles. The normalized spacial score (nSPS) is 23.8. The first kappa shape index (κ1) is 16.8. The highest BCUT2D eigenvalue weighted by Gasteiger charge is 2.39. The number of carbonyl (C=O) groups is 1. The van der Waals surface area contributed by atoms with Crippen LogP contribution in [0.5, 0.6) is 0 Å². The van der Waals surface area contributed by atoms with Crippen molar-refractivity contribution < 1.29 is 9.53 Å². The highest BCUT2D eigenvalue weighted by molar-refractivity contribution is 5.75. The molecular formula is C18H33NO2. The molecule has 0 amide bonds. The topological polar surface area (TPSA) is 38.3 Å². The summed E-state index contributed by atoms with van der Waals surface area (Å²) in [7, 11) is 0. The van der Waals surface area contributed by atoms with Crippen molar-refractivity contribution in [3.05, 3.63) is 0 Å². The first-order chi connectivity index (χ1) is 9.91. The number of nitrogens with one attached hydrogen (secondary N) is 1. The molecule has 122 valence electrons. The Labute approximate surface area is 130 Å². The van der Waals surface area contributed by atoms with Gasteiger partial charge in [-0.15, -0.1) is 0 Å². The van der Waals surface area contributed by atoms with E-state index in [0.29, 0.717) is 6.04 Å². The molecule has 2 aliphatic rings. The van der Waals surface area contributed by atoms with Crippen LogP contribution in [-0.2, 0) is 9.53 Å². The number of carbonyl (C=O) groups excluding carboxylic acids is 1. The molecule has 0 heterocycles. The molecule has 0 saturated heterocycles. The fraction of sp³-hybridized carbons (Fsp3) is 0.944. The molecule has 0 aromatic rings. The Bertz CT molecular complexity index is 334. The number of hydrogen-bond donors (Lipinski definition) is 1. The van der Waals surface area contributed by atoms with Gasteiger partial charge in [0.05, 0.1) is 5.41 Å². The van der Waals surface area contributed by atoms with E-state index in [1.165, 1.54) is 51.4 Å². The van der Waals surface area contributed by atoms with Crippen LogP contribution in [0.15, 0.2) is 0 Å². The van der Waals surface area contributed by atoms with Gasteiger partial charge < -0.3 is 10.1 Å². The molecular weight excluding hydrogens is 262 g/mol. The second-order valence-electron chi connectivity index (χ2n) is 8.10. The average Bonchev–Trinajstić information content (AvgIpc) is 2.46. The first-order valence-corrected chi connectivity index (χ1v) is 8.88. The Balaban J connectivity index is 1.94. The lowest BCUT2D eigenvalue weighted by atomic mass is 9.83. The third-order valence-corrected chi connectivity index (χ3v) is 5.00. The van der Waals surface area contributed by atoms with Gasteiger partial charge in [0.15, 0.2) is 0 Å². The van der Waals surface area contributed by atoms with Crippen LogP contribution in [0.4, 0.5) is 0 Å². The summed E-state index contributed by atoms with van der Waals surface area (Å²) in [6, 6.07) is 0.630. The van der Waals surface area contributed by atoms with E-state index < -0.39 is 5.41 Å². The van der Waals surface area contributed by atoms with Gasteiger partial charge in [-0.3, -0.25) is 4.79 Å². The van der Waals surface area contributed by atoms with Crippen molar-refractivity contribution in [2.45, 2.75) is 96.6 Å². The predicted octanol–water partition coefficient (Wildman–Crippen LogP) is 4.20. The monoisotopic (exact) mass is 295 g/mol. The summed E-state index contributed by atoms with van der Waals surface area (Å²) in [5, 5.41) is 3.71. The van der Waals surface area contributed by atoms with E-state index in [1.807, 2.05) is 20.8 Å². The van der Waals surface area contributed by atoms with Gasteiger partial charge in [0.1, 0.15) is 5.60 Å². The molecule has 1 N–H and O–H groups in total. The molecule has 3 nitrogen and oxygen atoms in total. The van der Waals surface area contributed by atoms with Crippen LogP contribution in [0.3, 0.4) is 0 Å². The van der Waals surface area contributed by atoms with Gasteiger partial charge in [0.25, 0.3) is 0 Å². The van der Waals surface area contributed by atoms with Gasteiger partial charge in [-0.1, -0.05) is 25.7 Å². The summed E-state index contributed by atoms with van der Waals surface area (Å²) in [6.07, 6.45) is 12.3. The lowest BCUT2D eigenvalue weighted by Crippen LogP contribution is -2.50. The molecule has 0 spiro atoms. The van der Waals surface area contributed by atoms with Crippen LogP contribution < -0.4 is 5.32 Å². The van der Waals surface area contributed by atoms with Crippen molar-refractivity contribution in [1.29, 1.82) is 0 Å². The second kappa shape index (κ2) is 7.13. The van der Waals surface area contributed by atoms with Crippen molar-refractivity contribution in [3.8, 4) is 0 Å². The summed E-state index contributed by atoms with van der Waals surface area (Å²) in [5.74, 6) is -0.0464. The summed E-state index contributed by atoms with van der Waals surface area (Å²) < 4.78 is 6.03. The lowest BCUT2D eigenvalue weighted by Gasteiger charge is -2.40. The Morgan fingerprint density at radius 1 is 1.05 bits per heavy atom. The van der Waals surface area contributed by atoms with E-state index in [2.05, 4.69) is 5.32 Å². The minimum Gasteiger partial charge on any atom is -0.457 e. The van der Waals surface area contributed by atoms with Gasteiger partial charge in [-0.05, 0) is 59.3 Å². The Kier molecular flexibility index (Phi) is 5.70. The standard InChI is InChI=1S/C18H33NO2/c1-17(2,3)16(20)21-18(12-8-5-9-13-18)14-19-15-10-6-4-7-11-15/h15,19H,4-14H2,1-3H3. The lowest BCUT2D eigenvalue weighted by molar-refractivity contribution is -0.173. The molecule has 21 heavy (non-hydrogen) atoms. The highest BCUT2D eigenvalue weighted by atomic mass is 16.6. The summed E-state index contributed by atoms with van der Waals surface area (Å²) >= 11 is 0. The first-order valence-electron chi connectivity index (χ1n) is 8.88. The number of esters is 1. The highest BCUT2D eigenvalue weighted by Crippen LogP contribution is 2.34. The van der Waals surface area contributed by atoms with Crippen LogP contribution in [0.25, 0.3) is 0 Å². The second-order valence-corrected chi connectivity index (χ2v) is 8.10. The molecule has 0 atom stereocenters. The largest absolute Gasteiger partial charge is 0.457 e. The molecule has 2 fully saturated rings. The summed E-state index contributed by atoms with van der Waals surface area (Å²) in [6.45, 7) is 6.68. The maximum atomic E-state index is 12.3. The summed E-state index contributed by atoms with van der Waals surface area (Å²) in [4.78, 5) is 12.3. The van der Waals surface area contributed by atoms with Crippen molar-refractivity contribution in [2.75, 3.05) is 6.54 Å². The van der Waals surface area contributed by atoms with Gasteiger partial charge >= 0.3 is 5.97 Å². The Morgan fingerprint density at radius 3 is 2.19 bits per heavy atom. The van der Waals surface area contributed by atoms with Gasteiger partial charge in [0.2, 0.25) is 0 Å². The fourth-order valence-electron chi connectivity index (χ4n) is 3.50. The maximum absolute atomic E-state index is 12.3. The quantitative estimate of drug-likeness (QED) is 0.790. The van der Waals surface area contributed by atoms with Crippen molar-refractivity contribution >= 4 is 5.97 Å². The van der Waals surface area contributed by atoms with Gasteiger partial charge in [0, 0.05) is 12.6 Å². The average molecular weight is 295 g/mol. The fourth-order valence-corrected chi connectivity index (χ4v) is 3.50. The molecule has 3 heteroatoms. The molecule has 0 aliphatic heterocycles. The van der Waals surface area contributed by atoms with E-state index in [9.17, 15) is 4.79 Å². The van der Waals surface area contributed by atoms with Crippen LogP contribution in [0.2, 0.25) is 0 Å². The summed E-state index contributed by atoms with van der Waals surface area (Å²) in [5.41, 5.74) is -0.657. The smallest absolute Gasteiger partial charge is 0.311 e. The number of rotatable bonds is 4. The third-order valence-electron chi connectivity index (χ3n) is 5.00. The molecule has 2 aliphatic carbocycles. The van der Waals surface area contributed by atoms with E-state index in [1.54, 1.807) is 0 Å². The van der Waals surface area contributed by atoms with Crippen LogP contribution in [-0.4, -0.2) is 24.2 Å². The molecule has 0 aromatic heterocycles. The van der Waals surface area contributed by atoms with Crippen molar-refractivity contribution in [3.63, 3.8) is 0 Å². The maximum Gasteiger partial charge on any atom is 0.311 e. The van der Waals surface area contributed by atoms with Crippen molar-refractivity contribution in [2.24, 2.45) is 5.41 Å². The zero-order valence-electron chi connectivity index (χ0n) is 14.2. The molecule has 0 unspecified atom stereocenters. The predicted molar refractivity (Wildman–Crippen MR) is 86.2 cm³/mol. The van der Waals surface area contributed by atoms with E-state index in [0.717, 1.165) is 19.4 Å². The van der Waals surface area contributed by atoms with Gasteiger partial charge in [-0.25, -0.2) is 0 Å².